The van der Waals surface area contributed by atoms with Crippen molar-refractivity contribution >= 4 is 61.5 Å². The third-order valence-electron chi connectivity index (χ3n) is 3.67. The first-order chi connectivity index (χ1) is 27.2. The van der Waals surface area contributed by atoms with Gasteiger partial charge >= 0.3 is 24.2 Å². The number of amides is 4. The molecule has 0 unspecified atom stereocenters. The van der Waals surface area contributed by atoms with Crippen LogP contribution in [0.4, 0.5) is 14.4 Å². The smallest absolute Gasteiger partial charge is 0.469 e. The van der Waals surface area contributed by atoms with Gasteiger partial charge in [-0.3, -0.25) is 14.6 Å². The second-order valence-electron chi connectivity index (χ2n) is 11.4. The molecule has 0 aromatic carbocycles. The Morgan fingerprint density at radius 2 is 0.820 bits per heavy atom. The van der Waals surface area contributed by atoms with Crippen LogP contribution in [0.15, 0.2) is 4.99 Å². The zero-order chi connectivity index (χ0) is 52.9. The molecule has 0 bridgehead atoms. The van der Waals surface area contributed by atoms with Crippen molar-refractivity contribution in [1.82, 2.24) is 23.9 Å². The first-order valence-corrected chi connectivity index (χ1v) is 20.8. The standard InChI is InChI=1S/C5H12N2O.C4H9NO2.C4H9NO.C4H9N.C3H9NO2S.C3H6O3.C3H6O2.C3H6O.2C2H3N.C2H6O2S.CH4O/c1-6(2)5(8)7(3)4;1-5(2)4(6)7-3;1-4(6)5(2)3;1-4(2)5-3;1-4(2)7(3,5)6;1-5-3(4)6-2;1-3(4)5-2;1-3(2)4;1-3-2;1-2-3;1-5(2,3)4;1-2/h1-4H3;1-3H3;1-3H3;1-3H3;1-3H3;1-2H3;1-2H3;1-2H3;2*1H3;1-2H3;2H,1H3. The van der Waals surface area contributed by atoms with Gasteiger partial charge in [0.1, 0.15) is 15.6 Å². The van der Waals surface area contributed by atoms with E-state index in [-0.39, 0.29) is 29.8 Å². The number of hydrogen-bond acceptors (Lipinski definition) is 17. The molecule has 0 aromatic heterocycles. The van der Waals surface area contributed by atoms with Crippen LogP contribution in [0.5, 0.6) is 0 Å². The van der Waals surface area contributed by atoms with Crippen molar-refractivity contribution in [3.63, 3.8) is 0 Å². The molecule has 0 aromatic rings. The van der Waals surface area contributed by atoms with Gasteiger partial charge in [-0.25, -0.2) is 42.1 Å². The SMILES string of the molecule is CC#N.CC(=O)N(C)C.CC(C)=O.CN(C)C(=O)N(C)C.CN(C)S(C)(=O)=O.CN=C(C)C.CO.COC(=O)N(C)C.COC(=O)OC.COC(C)=O.CS(C)(=O)=O.[C-]#[N+]C. The molecule has 0 radical (unpaired) electrons. The summed E-state index contributed by atoms with van der Waals surface area (Å²) in [4.78, 5) is 72.2. The Balaban J connectivity index is -0.0000000436. The van der Waals surface area contributed by atoms with Gasteiger partial charge in [0, 0.05) is 124 Å². The number of ketones is 1. The number of rotatable bonds is 1. The van der Waals surface area contributed by atoms with Gasteiger partial charge in [0.05, 0.1) is 40.8 Å². The number of Topliss-reactive ketones (excluding diaryl/α,β-unsaturated/α-hetero) is 1. The van der Waals surface area contributed by atoms with E-state index in [0.29, 0.717) is 0 Å². The maximum absolute atomic E-state index is 10.7. The molecule has 25 heteroatoms. The fraction of sp³-hybridized carbons (Fsp3) is 0.750. The van der Waals surface area contributed by atoms with E-state index >= 15 is 0 Å². The van der Waals surface area contributed by atoms with Gasteiger partial charge in [-0.2, -0.15) is 5.26 Å². The van der Waals surface area contributed by atoms with Crippen molar-refractivity contribution in [1.29, 1.82) is 5.26 Å². The van der Waals surface area contributed by atoms with Crippen molar-refractivity contribution < 1.29 is 69.7 Å². The highest BCUT2D eigenvalue weighted by Gasteiger charge is 2.03. The number of carbonyl (C=O) groups excluding carboxylic acids is 6. The summed E-state index contributed by atoms with van der Waals surface area (Å²) in [5.41, 5.74) is 1.13. The predicted molar refractivity (Wildman–Crippen MR) is 243 cm³/mol. The van der Waals surface area contributed by atoms with E-state index in [0.717, 1.165) is 35.9 Å². The Kier molecular flexibility index (Phi) is 91.8. The van der Waals surface area contributed by atoms with Crippen LogP contribution in [-0.4, -0.2) is 226 Å². The molecular weight excluding hydrogens is 849 g/mol. The van der Waals surface area contributed by atoms with Crippen molar-refractivity contribution in [3.05, 3.63) is 11.4 Å². The number of nitriles is 1. The number of carbonyl (C=O) groups is 6. The number of sulfone groups is 1. The lowest BCUT2D eigenvalue weighted by Gasteiger charge is -2.16. The van der Waals surface area contributed by atoms with Crippen molar-refractivity contribution in [2.45, 2.75) is 48.5 Å². The molecule has 23 nitrogen and oxygen atoms in total. The van der Waals surface area contributed by atoms with E-state index < -0.39 is 26.0 Å². The summed E-state index contributed by atoms with van der Waals surface area (Å²) >= 11 is 0. The van der Waals surface area contributed by atoms with Gasteiger partial charge in [-0.15, -0.1) is 0 Å². The lowest BCUT2D eigenvalue weighted by molar-refractivity contribution is -0.138. The zero-order valence-electron chi connectivity index (χ0n) is 42.1. The van der Waals surface area contributed by atoms with Crippen molar-refractivity contribution in [3.8, 4) is 6.07 Å². The molecule has 0 rings (SSSR count). The predicted octanol–water partition coefficient (Wildman–Crippen LogP) is 2.75. The quantitative estimate of drug-likeness (QED) is 0.171. The normalized spacial score (nSPS) is 7.79. The third kappa shape index (κ3) is 212. The zero-order valence-corrected chi connectivity index (χ0v) is 43.7. The van der Waals surface area contributed by atoms with E-state index in [9.17, 15) is 45.6 Å². The average Bonchev–Trinajstić information content (AvgIpc) is 3.12. The molecule has 368 valence electrons. The van der Waals surface area contributed by atoms with E-state index in [1.54, 1.807) is 69.5 Å². The van der Waals surface area contributed by atoms with Crippen LogP contribution >= 0.6 is 0 Å². The summed E-state index contributed by atoms with van der Waals surface area (Å²) in [6, 6.07) is 1.77. The monoisotopic (exact) mass is 931 g/mol. The van der Waals surface area contributed by atoms with Crippen LogP contribution in [-0.2, 0) is 53.2 Å². The van der Waals surface area contributed by atoms with Crippen LogP contribution in [0.2, 0.25) is 0 Å². The molecule has 0 aliphatic rings. The minimum atomic E-state index is -2.91. The Morgan fingerprint density at radius 3 is 0.820 bits per heavy atom. The number of esters is 1. The van der Waals surface area contributed by atoms with Gasteiger partial charge in [-0.1, -0.05) is 0 Å². The van der Waals surface area contributed by atoms with Gasteiger partial charge < -0.3 is 53.3 Å². The van der Waals surface area contributed by atoms with E-state index in [2.05, 4.69) is 28.8 Å². The molecule has 0 aliphatic heterocycles. The molecule has 0 atom stereocenters. The fourth-order valence-electron chi connectivity index (χ4n) is 0.666. The van der Waals surface area contributed by atoms with Crippen molar-refractivity contribution in [2.75, 3.05) is 139 Å². The number of aliphatic hydroxyl groups excluding tert-OH is 1. The topological polar surface area (TPSA) is 285 Å². The number of methoxy groups -OCH3 is 4. The highest BCUT2D eigenvalue weighted by molar-refractivity contribution is 7.90. The third-order valence-corrected chi connectivity index (χ3v) is 4.99. The van der Waals surface area contributed by atoms with Gasteiger partial charge in [0.15, 0.2) is 0 Å². The van der Waals surface area contributed by atoms with E-state index in [1.165, 1.54) is 104 Å². The average molecular weight is 931 g/mol. The minimum Gasteiger partial charge on any atom is -0.469 e. The first-order valence-electron chi connectivity index (χ1n) is 16.6. The fourth-order valence-corrected chi connectivity index (χ4v) is 0.666. The second kappa shape index (κ2) is 64.0. The number of aliphatic hydroxyl groups is 1. The molecule has 0 fully saturated rings. The molecule has 1 N–H and O–H groups in total. The summed E-state index contributed by atoms with van der Waals surface area (Å²) in [6.07, 6.45) is 2.50. The molecule has 0 heterocycles. The lowest BCUT2D eigenvalue weighted by atomic mass is 10.5. The molecule has 61 heavy (non-hydrogen) atoms. The molecular formula is C36H82N8O15S2. The number of hydrogen-bond donors (Lipinski definition) is 1. The largest absolute Gasteiger partial charge is 0.507 e. The summed E-state index contributed by atoms with van der Waals surface area (Å²) in [5.74, 6) is 0.0139. The number of ether oxygens (including phenoxy) is 4. The maximum Gasteiger partial charge on any atom is 0.507 e. The summed E-state index contributed by atoms with van der Waals surface area (Å²) in [7, 11) is 20.4. The molecule has 0 saturated carbocycles. The number of sulfonamides is 1. The molecule has 0 saturated heterocycles. The van der Waals surface area contributed by atoms with Gasteiger partial charge in [-0.05, 0) is 27.7 Å². The van der Waals surface area contributed by atoms with Crippen molar-refractivity contribution in [2.24, 2.45) is 4.99 Å². The Morgan fingerprint density at radius 1 is 0.639 bits per heavy atom. The summed E-state index contributed by atoms with van der Waals surface area (Å²) in [6.45, 7) is 17.2. The highest BCUT2D eigenvalue weighted by atomic mass is 32.2. The van der Waals surface area contributed by atoms with Gasteiger partial charge in [0.25, 0.3) is 0 Å². The Labute approximate surface area is 369 Å². The van der Waals surface area contributed by atoms with Crippen LogP contribution in [0.3, 0.4) is 0 Å². The van der Waals surface area contributed by atoms with E-state index in [4.69, 9.17) is 16.9 Å². The minimum absolute atomic E-state index is 0.0185. The van der Waals surface area contributed by atoms with Crippen LogP contribution < -0.4 is 0 Å². The summed E-state index contributed by atoms with van der Waals surface area (Å²) < 4.78 is 57.4. The molecule has 0 aliphatic carbocycles. The molecule has 4 amide bonds. The lowest BCUT2D eigenvalue weighted by Crippen LogP contribution is -2.33. The molecule has 0 spiro atoms. The summed E-state index contributed by atoms with van der Waals surface area (Å²) in [5, 5.41) is 14.3. The number of aliphatic imine (C=N–C) groups is 1. The van der Waals surface area contributed by atoms with Crippen LogP contribution in [0.1, 0.15) is 48.5 Å². The van der Waals surface area contributed by atoms with Crippen LogP contribution in [0.25, 0.3) is 4.85 Å². The van der Waals surface area contributed by atoms with Gasteiger partial charge in [0.2, 0.25) is 23.0 Å². The maximum atomic E-state index is 10.7. The van der Waals surface area contributed by atoms with Crippen LogP contribution in [0, 0.1) is 17.9 Å². The Bertz CT molecular complexity index is 1340. The highest BCUT2D eigenvalue weighted by Crippen LogP contribution is 1.84. The first kappa shape index (κ1) is 87.4. The second-order valence-corrected chi connectivity index (χ2v) is 15.9. The Hall–Kier alpha value is -5.11. The van der Waals surface area contributed by atoms with E-state index in [1.807, 2.05) is 13.8 Å². The number of urea groups is 1. The number of nitrogens with zero attached hydrogens (tertiary/aromatic N) is 8.